The summed E-state index contributed by atoms with van der Waals surface area (Å²) in [4.78, 5) is 81.0. The highest BCUT2D eigenvalue weighted by Crippen LogP contribution is 2.44. The van der Waals surface area contributed by atoms with Crippen LogP contribution in [0.3, 0.4) is 0 Å². The number of aryl methyl sites for hydroxylation is 13. The Labute approximate surface area is 872 Å². The molecule has 7 N–H and O–H groups in total. The van der Waals surface area contributed by atoms with Crippen LogP contribution >= 0.6 is 34.8 Å². The molecule has 4 aliphatic heterocycles. The van der Waals surface area contributed by atoms with Crippen molar-refractivity contribution in [3.05, 3.63) is 261 Å². The SMILES string of the molecule is COc1cc(-c2cncn2C)ccc1N.COc1cc(-c2cncn2C)ccc1Nc1cc(Cc2cnc(C)c(C)n2)nc2c1N=C(C)C2.COc1cc(-c2cncn2C)ccc1Nc1cc(Cc2cnc(C)c(C)n2)nc2c1nc(C)n2C1CCCCO1.COc1cc(-c2cncn2C)ccc1Nc1cc(Cl)nc2c1nc(C)n2C1CCCCO1.Cc1nc2c(Cl)cc(Cl)nc2n1C1CCCCO1.Cc1ncc(N)nc1C. The second-order valence-electron chi connectivity index (χ2n) is 36.6. The molecular weight excluding hydrogens is 1940 g/mol. The van der Waals surface area contributed by atoms with Crippen LogP contribution in [-0.4, -0.2) is 171 Å². The van der Waals surface area contributed by atoms with Crippen LogP contribution in [0.1, 0.15) is 164 Å². The second-order valence-corrected chi connectivity index (χ2v) is 37.8. The van der Waals surface area contributed by atoms with E-state index in [2.05, 4.69) is 92.5 Å². The van der Waals surface area contributed by atoms with E-state index < -0.39 is 0 Å². The maximum atomic E-state index is 6.42. The lowest BCUT2D eigenvalue weighted by molar-refractivity contribution is -0.0310. The Morgan fingerprint density at radius 3 is 1.11 bits per heavy atom. The number of halogens is 3. The minimum absolute atomic E-state index is 0.00853. The summed E-state index contributed by atoms with van der Waals surface area (Å²) in [6, 6.07) is 31.4. The molecule has 766 valence electrons. The standard InChI is InChI=1S/C30H34N8O2.C26H27N7O.C23H25ClN6O2.C12H13Cl2N3O.C11H13N3O.C6H9N3/c1-18-19(2)33-23(15-32-18)13-22-14-25(29-30(35-22)38(20(3)34-29)28-8-6-7-11-40-28)36-24-10-9-21(12-27(24)39-5)26-16-31-17-37(26)4;1-15-8-22-26(29-15)23(11-19(31-22)10-20-12-28-16(2)17(3)30-20)32-21-7-6-18(9-25(21)34-5)24-13-27-14-33(24)4;1-14-26-22-17(11-20(24)28-23(22)30(14)21-6-4-5-9-32-21)27-16-8-7-15(10-19(16)31-3)18-12-25-13-29(18)2;1-7-15-11-8(13)6-9(14)16-12(11)17(7)10-4-2-3-5-18-10;1-14-7-13-6-10(14)8-3-4-9(12)11(5-8)15-2;1-4-5(2)9-6(7)3-8-4/h9-10,12,14-17,28H,6-8,11,13H2,1-5H3,(H,35,36);6-7,9,11-14H,8,10H2,1-5H3,(H,31,32);7-8,10-13,21H,4-6,9H2,1-3H3,(H,27,28);6,10H,2-5H2,1H3;3-7H,12H2,1-2H3;3H,1-2H3,(H2,7,9). The molecule has 0 amide bonds. The first-order valence-corrected chi connectivity index (χ1v) is 49.9. The van der Waals surface area contributed by atoms with E-state index in [1.54, 1.807) is 72.1 Å². The second kappa shape index (κ2) is 46.5. The number of anilines is 8. The first-order valence-electron chi connectivity index (χ1n) is 48.8. The van der Waals surface area contributed by atoms with E-state index in [0.717, 1.165) is 289 Å². The van der Waals surface area contributed by atoms with Crippen LogP contribution in [0.4, 0.5) is 51.3 Å². The number of rotatable bonds is 21. The average Bonchev–Trinajstić information content (AvgIpc) is 1.63. The maximum Gasteiger partial charge on any atom is 0.166 e. The first-order chi connectivity index (χ1) is 71.4. The summed E-state index contributed by atoms with van der Waals surface area (Å²) in [5.74, 6) is 5.92. The number of methoxy groups -OCH3 is 4. The molecule has 0 aliphatic carbocycles. The molecule has 18 aromatic rings. The highest BCUT2D eigenvalue weighted by atomic mass is 35.5. The van der Waals surface area contributed by atoms with Gasteiger partial charge >= 0.3 is 0 Å². The van der Waals surface area contributed by atoms with E-state index in [9.17, 15) is 0 Å². The van der Waals surface area contributed by atoms with Gasteiger partial charge in [0.25, 0.3) is 0 Å². The van der Waals surface area contributed by atoms with Crippen molar-refractivity contribution in [3.8, 4) is 68.0 Å². The lowest BCUT2D eigenvalue weighted by Gasteiger charge is -2.25. The van der Waals surface area contributed by atoms with Crippen molar-refractivity contribution in [2.45, 2.75) is 165 Å². The predicted molar refractivity (Wildman–Crippen MR) is 579 cm³/mol. The number of imidazole rings is 7. The largest absolute Gasteiger partial charge is 0.495 e. The Hall–Kier alpha value is -15.4. The summed E-state index contributed by atoms with van der Waals surface area (Å²) in [6.45, 7) is 21.9. The minimum atomic E-state index is -0.0801. The van der Waals surface area contributed by atoms with Gasteiger partial charge < -0.3 is 78.8 Å². The van der Waals surface area contributed by atoms with Gasteiger partial charge in [-0.15, -0.1) is 0 Å². The zero-order valence-electron chi connectivity index (χ0n) is 86.3. The number of aromatic nitrogens is 24. The van der Waals surface area contributed by atoms with Gasteiger partial charge in [0.2, 0.25) is 0 Å². The molecule has 40 heteroatoms. The van der Waals surface area contributed by atoms with Crippen molar-refractivity contribution >= 4 is 125 Å². The Balaban J connectivity index is 0.000000127. The Morgan fingerprint density at radius 1 is 0.358 bits per heavy atom. The fourth-order valence-corrected chi connectivity index (χ4v) is 18.8. The van der Waals surface area contributed by atoms with Crippen LogP contribution in [0.25, 0.3) is 78.5 Å². The molecular formula is C108H121Cl3N30O7. The Morgan fingerprint density at radius 2 is 0.723 bits per heavy atom. The van der Waals surface area contributed by atoms with Crippen LogP contribution in [0, 0.1) is 62.3 Å². The molecule has 0 saturated carbocycles. The Bertz CT molecular complexity index is 7860. The number of aliphatic imine (C=N–C) groups is 1. The molecule has 3 saturated heterocycles. The summed E-state index contributed by atoms with van der Waals surface area (Å²) in [6.07, 6.45) is 30.9. The molecule has 3 fully saturated rings. The number of benzene rings is 4. The number of ether oxygens (including phenoxy) is 7. The number of nitrogens with two attached hydrogens (primary N) is 2. The van der Waals surface area contributed by atoms with Gasteiger partial charge in [0.15, 0.2) is 16.9 Å². The summed E-state index contributed by atoms with van der Waals surface area (Å²) < 4.78 is 54.4. The van der Waals surface area contributed by atoms with Crippen LogP contribution in [0.15, 0.2) is 171 Å². The third-order valence-corrected chi connectivity index (χ3v) is 26.8. The lowest BCUT2D eigenvalue weighted by Crippen LogP contribution is -2.19. The van der Waals surface area contributed by atoms with E-state index in [1.165, 1.54) is 0 Å². The molecule has 22 rings (SSSR count). The van der Waals surface area contributed by atoms with E-state index in [1.807, 2.05) is 235 Å². The molecule has 0 bridgehead atoms. The molecule has 148 heavy (non-hydrogen) atoms. The molecule has 4 aromatic carbocycles. The van der Waals surface area contributed by atoms with Gasteiger partial charge in [0.05, 0.1) is 209 Å². The van der Waals surface area contributed by atoms with Gasteiger partial charge in [-0.25, -0.2) is 54.8 Å². The highest BCUT2D eigenvalue weighted by molar-refractivity contribution is 6.37. The normalized spacial score (nSPS) is 14.7. The molecule has 3 unspecified atom stereocenters. The number of hydrogen-bond donors (Lipinski definition) is 5. The fourth-order valence-electron chi connectivity index (χ4n) is 18.1. The zero-order valence-corrected chi connectivity index (χ0v) is 88.5. The summed E-state index contributed by atoms with van der Waals surface area (Å²) in [5.41, 5.74) is 41.4. The third-order valence-electron chi connectivity index (χ3n) is 26.1. The smallest absolute Gasteiger partial charge is 0.166 e. The van der Waals surface area contributed by atoms with Gasteiger partial charge in [-0.05, 0) is 194 Å². The molecule has 3 atom stereocenters. The maximum absolute atomic E-state index is 6.42. The van der Waals surface area contributed by atoms with E-state index in [-0.39, 0.29) is 18.7 Å². The van der Waals surface area contributed by atoms with Crippen molar-refractivity contribution in [2.24, 2.45) is 33.2 Å². The lowest BCUT2D eigenvalue weighted by atomic mass is 10.1. The number of nitrogen functional groups attached to an aromatic ring is 2. The Kier molecular flexibility index (Phi) is 32.7. The minimum Gasteiger partial charge on any atom is -0.495 e. The monoisotopic (exact) mass is 2050 g/mol. The van der Waals surface area contributed by atoms with Gasteiger partial charge in [0.1, 0.15) is 97.5 Å². The fraction of sp³-hybridized carbons (Fsp3) is 0.333. The predicted octanol–water partition coefficient (Wildman–Crippen LogP) is 21.8. The average molecular weight is 2060 g/mol. The van der Waals surface area contributed by atoms with Crippen molar-refractivity contribution < 1.29 is 33.2 Å². The van der Waals surface area contributed by atoms with Gasteiger partial charge in [0, 0.05) is 119 Å². The number of fused-ring (bicyclic) bond motifs is 4. The van der Waals surface area contributed by atoms with E-state index >= 15 is 0 Å². The van der Waals surface area contributed by atoms with Crippen LogP contribution in [0.5, 0.6) is 23.0 Å². The van der Waals surface area contributed by atoms with Crippen molar-refractivity contribution in [1.29, 1.82) is 0 Å². The van der Waals surface area contributed by atoms with Crippen LogP contribution in [-0.2, 0) is 61.7 Å². The quantitative estimate of drug-likeness (QED) is 0.0329. The first kappa shape index (κ1) is 104. The van der Waals surface area contributed by atoms with Crippen LogP contribution in [0.2, 0.25) is 15.3 Å². The molecule has 18 heterocycles. The molecule has 0 spiro atoms. The summed E-state index contributed by atoms with van der Waals surface area (Å²) in [5, 5.41) is 11.9. The zero-order chi connectivity index (χ0) is 104. The van der Waals surface area contributed by atoms with Gasteiger partial charge in [-0.1, -0.05) is 59.1 Å². The van der Waals surface area contributed by atoms with E-state index in [4.69, 9.17) is 109 Å². The molecule has 4 aliphatic rings. The molecule has 0 radical (unpaired) electrons. The molecule has 14 aromatic heterocycles. The number of hydrogen-bond acceptors (Lipinski definition) is 30. The number of nitrogens with one attached hydrogen (secondary N) is 3. The number of nitrogens with zero attached hydrogens (tertiary/aromatic N) is 25. The van der Waals surface area contributed by atoms with Gasteiger partial charge in [-0.2, -0.15) is 0 Å². The topological polar surface area (TPSA) is 419 Å². The van der Waals surface area contributed by atoms with Crippen molar-refractivity contribution in [3.63, 3.8) is 0 Å². The van der Waals surface area contributed by atoms with Gasteiger partial charge in [-0.3, -0.25) is 48.6 Å². The molecule has 37 nitrogen and oxygen atoms in total. The number of pyridine rings is 4. The summed E-state index contributed by atoms with van der Waals surface area (Å²) >= 11 is 18.5. The third kappa shape index (κ3) is 23.8. The van der Waals surface area contributed by atoms with Crippen molar-refractivity contribution in [1.82, 2.24) is 117 Å². The van der Waals surface area contributed by atoms with Crippen molar-refractivity contribution in [2.75, 3.05) is 75.7 Å². The summed E-state index contributed by atoms with van der Waals surface area (Å²) in [7, 11) is 14.5. The van der Waals surface area contributed by atoms with Crippen LogP contribution < -0.4 is 46.4 Å². The van der Waals surface area contributed by atoms with E-state index in [0.29, 0.717) is 62.3 Å². The highest BCUT2D eigenvalue weighted by Gasteiger charge is 2.30.